The molecule has 4 heteroatoms. The van der Waals surface area contributed by atoms with E-state index >= 15 is 0 Å². The van der Waals surface area contributed by atoms with Crippen LogP contribution < -0.4 is 5.73 Å². The van der Waals surface area contributed by atoms with Gasteiger partial charge in [-0.15, -0.1) is 0 Å². The van der Waals surface area contributed by atoms with Gasteiger partial charge < -0.3 is 15.8 Å². The molecule has 76 valence electrons. The van der Waals surface area contributed by atoms with Crippen LogP contribution in [-0.4, -0.2) is 35.1 Å². The second-order valence-electron chi connectivity index (χ2n) is 3.72. The van der Waals surface area contributed by atoms with E-state index in [2.05, 4.69) is 17.0 Å². The fourth-order valence-corrected chi connectivity index (χ4v) is 1.80. The van der Waals surface area contributed by atoms with Crippen molar-refractivity contribution in [3.8, 4) is 0 Å². The lowest BCUT2D eigenvalue weighted by atomic mass is 10.0. The minimum absolute atomic E-state index is 0.331. The van der Waals surface area contributed by atoms with Gasteiger partial charge in [0.15, 0.2) is 0 Å². The monoisotopic (exact) mass is 185 g/mol. The number of hydrogen-bond acceptors (Lipinski definition) is 3. The van der Waals surface area contributed by atoms with Crippen molar-refractivity contribution >= 4 is 5.84 Å². The first-order valence-corrected chi connectivity index (χ1v) is 4.94. The van der Waals surface area contributed by atoms with Crippen molar-refractivity contribution in [2.24, 2.45) is 10.9 Å². The van der Waals surface area contributed by atoms with Crippen LogP contribution in [0.4, 0.5) is 0 Å². The third-order valence-electron chi connectivity index (χ3n) is 2.72. The quantitative estimate of drug-likeness (QED) is 0.298. The van der Waals surface area contributed by atoms with Gasteiger partial charge in [-0.3, -0.25) is 0 Å². The summed E-state index contributed by atoms with van der Waals surface area (Å²) in [5, 5.41) is 11.3. The molecule has 1 fully saturated rings. The molecular weight excluding hydrogens is 166 g/mol. The van der Waals surface area contributed by atoms with Crippen LogP contribution in [0.1, 0.15) is 32.6 Å². The van der Waals surface area contributed by atoms with Crippen LogP contribution in [-0.2, 0) is 0 Å². The standard InChI is InChI=1S/C9H19N3O/c1-8-4-2-3-6-12(8)7-5-9(10)11-13/h8,13H,2-7H2,1H3,(H2,10,11). The van der Waals surface area contributed by atoms with Crippen molar-refractivity contribution in [2.75, 3.05) is 13.1 Å². The Morgan fingerprint density at radius 2 is 2.38 bits per heavy atom. The molecule has 4 nitrogen and oxygen atoms in total. The molecule has 0 amide bonds. The second-order valence-corrected chi connectivity index (χ2v) is 3.72. The molecule has 0 saturated carbocycles. The minimum Gasteiger partial charge on any atom is -0.409 e. The predicted octanol–water partition coefficient (Wildman–Crippen LogP) is 0.997. The zero-order chi connectivity index (χ0) is 9.68. The molecule has 13 heavy (non-hydrogen) atoms. The van der Waals surface area contributed by atoms with Crippen molar-refractivity contribution in [1.82, 2.24) is 4.90 Å². The lowest BCUT2D eigenvalue weighted by molar-refractivity contribution is 0.165. The molecule has 0 aromatic carbocycles. The Morgan fingerprint density at radius 1 is 1.62 bits per heavy atom. The van der Waals surface area contributed by atoms with Gasteiger partial charge in [0.05, 0.1) is 0 Å². The van der Waals surface area contributed by atoms with Crippen molar-refractivity contribution in [2.45, 2.75) is 38.6 Å². The van der Waals surface area contributed by atoms with E-state index in [0.717, 1.165) is 13.1 Å². The highest BCUT2D eigenvalue weighted by Gasteiger charge is 2.17. The molecule has 0 aromatic rings. The topological polar surface area (TPSA) is 61.8 Å². The SMILES string of the molecule is CC1CCCCN1CC/C(N)=N/O. The van der Waals surface area contributed by atoms with Crippen molar-refractivity contribution in [1.29, 1.82) is 0 Å². The molecule has 1 atom stereocenters. The third-order valence-corrected chi connectivity index (χ3v) is 2.72. The molecule has 0 radical (unpaired) electrons. The lowest BCUT2D eigenvalue weighted by Gasteiger charge is -2.33. The van der Waals surface area contributed by atoms with Gasteiger partial charge in [-0.25, -0.2) is 0 Å². The highest BCUT2D eigenvalue weighted by Crippen LogP contribution is 2.16. The Morgan fingerprint density at radius 3 is 3.00 bits per heavy atom. The van der Waals surface area contributed by atoms with Crippen LogP contribution in [0.5, 0.6) is 0 Å². The fourth-order valence-electron chi connectivity index (χ4n) is 1.80. The highest BCUT2D eigenvalue weighted by molar-refractivity contribution is 5.79. The molecule has 1 heterocycles. The van der Waals surface area contributed by atoms with Crippen LogP contribution in [0, 0.1) is 0 Å². The summed E-state index contributed by atoms with van der Waals surface area (Å²) >= 11 is 0. The molecule has 1 rings (SSSR count). The number of hydrogen-bond donors (Lipinski definition) is 2. The summed E-state index contributed by atoms with van der Waals surface area (Å²) in [4.78, 5) is 2.40. The van der Waals surface area contributed by atoms with E-state index in [-0.39, 0.29) is 0 Å². The van der Waals surface area contributed by atoms with Crippen LogP contribution in [0.2, 0.25) is 0 Å². The van der Waals surface area contributed by atoms with Gasteiger partial charge >= 0.3 is 0 Å². The average molecular weight is 185 g/mol. The van der Waals surface area contributed by atoms with Gasteiger partial charge in [-0.1, -0.05) is 11.6 Å². The number of nitrogens with zero attached hydrogens (tertiary/aromatic N) is 2. The first-order valence-electron chi connectivity index (χ1n) is 4.94. The van der Waals surface area contributed by atoms with Gasteiger partial charge in [-0.2, -0.15) is 0 Å². The van der Waals surface area contributed by atoms with E-state index in [9.17, 15) is 0 Å². The van der Waals surface area contributed by atoms with Gasteiger partial charge in [0.25, 0.3) is 0 Å². The summed E-state index contributed by atoms with van der Waals surface area (Å²) in [7, 11) is 0. The normalized spacial score (nSPS) is 26.2. The van der Waals surface area contributed by atoms with Crippen LogP contribution in [0.15, 0.2) is 5.16 Å². The number of nitrogens with two attached hydrogens (primary N) is 1. The smallest absolute Gasteiger partial charge is 0.140 e. The Labute approximate surface area is 79.4 Å². The van der Waals surface area contributed by atoms with Gasteiger partial charge in [0.2, 0.25) is 0 Å². The van der Waals surface area contributed by atoms with Crippen LogP contribution in [0.25, 0.3) is 0 Å². The number of oxime groups is 1. The molecule has 0 aromatic heterocycles. The summed E-state index contributed by atoms with van der Waals surface area (Å²) in [5.41, 5.74) is 5.41. The van der Waals surface area contributed by atoms with Crippen molar-refractivity contribution < 1.29 is 5.21 Å². The number of rotatable bonds is 3. The van der Waals surface area contributed by atoms with E-state index in [1.165, 1.54) is 19.3 Å². The maximum absolute atomic E-state index is 8.37. The molecular formula is C9H19N3O. The van der Waals surface area contributed by atoms with E-state index in [0.29, 0.717) is 18.3 Å². The van der Waals surface area contributed by atoms with Gasteiger partial charge in [0.1, 0.15) is 5.84 Å². The summed E-state index contributed by atoms with van der Waals surface area (Å²) in [6, 6.07) is 0.653. The zero-order valence-corrected chi connectivity index (χ0v) is 8.24. The third kappa shape index (κ3) is 3.22. The van der Waals surface area contributed by atoms with E-state index in [1.807, 2.05) is 0 Å². The Hall–Kier alpha value is -0.770. The number of likely N-dealkylation sites (tertiary alicyclic amines) is 1. The Bertz CT molecular complexity index is 182. The van der Waals surface area contributed by atoms with Gasteiger partial charge in [-0.05, 0) is 26.3 Å². The molecule has 0 spiro atoms. The summed E-state index contributed by atoms with van der Waals surface area (Å²) < 4.78 is 0. The Kier molecular flexibility index (Phi) is 4.02. The second kappa shape index (κ2) is 5.07. The molecule has 1 saturated heterocycles. The first kappa shape index (κ1) is 10.3. The maximum atomic E-state index is 8.37. The summed E-state index contributed by atoms with van der Waals surface area (Å²) in [6.45, 7) is 4.31. The molecule has 0 bridgehead atoms. The van der Waals surface area contributed by atoms with Crippen molar-refractivity contribution in [3.63, 3.8) is 0 Å². The molecule has 1 aliphatic heterocycles. The summed E-state index contributed by atoms with van der Waals surface area (Å²) in [6.07, 6.45) is 4.55. The minimum atomic E-state index is 0.331. The molecule has 1 unspecified atom stereocenters. The van der Waals surface area contributed by atoms with Crippen LogP contribution in [0.3, 0.4) is 0 Å². The molecule has 1 aliphatic rings. The zero-order valence-electron chi connectivity index (χ0n) is 8.24. The van der Waals surface area contributed by atoms with E-state index in [4.69, 9.17) is 10.9 Å². The first-order chi connectivity index (χ1) is 6.24. The Balaban J connectivity index is 2.26. The highest BCUT2D eigenvalue weighted by atomic mass is 16.4. The fraction of sp³-hybridized carbons (Fsp3) is 0.889. The molecule has 3 N–H and O–H groups in total. The lowest BCUT2D eigenvalue weighted by Crippen LogP contribution is -2.39. The number of piperidine rings is 1. The average Bonchev–Trinajstić information content (AvgIpc) is 2.16. The maximum Gasteiger partial charge on any atom is 0.140 e. The largest absolute Gasteiger partial charge is 0.409 e. The van der Waals surface area contributed by atoms with E-state index in [1.54, 1.807) is 0 Å². The van der Waals surface area contributed by atoms with Crippen molar-refractivity contribution in [3.05, 3.63) is 0 Å². The predicted molar refractivity (Wildman–Crippen MR) is 52.9 cm³/mol. The van der Waals surface area contributed by atoms with E-state index < -0.39 is 0 Å². The summed E-state index contributed by atoms with van der Waals surface area (Å²) in [5.74, 6) is 0.331. The number of amidine groups is 1. The van der Waals surface area contributed by atoms with Gasteiger partial charge in [0, 0.05) is 19.0 Å². The molecule has 0 aliphatic carbocycles. The van der Waals surface area contributed by atoms with Crippen LogP contribution >= 0.6 is 0 Å².